The quantitative estimate of drug-likeness (QED) is 0.521. The molecule has 116 valence electrons. The fraction of sp³-hybridized carbons (Fsp3) is 0.0526. The van der Waals surface area contributed by atoms with Crippen molar-refractivity contribution in [1.82, 2.24) is 0 Å². The smallest absolute Gasteiger partial charge is 0.0843 e. The third kappa shape index (κ3) is 3.42. The lowest BCUT2D eigenvalue weighted by atomic mass is 10.3. The normalized spacial score (nSPS) is 11.5. The van der Waals surface area contributed by atoms with Crippen LogP contribution in [0.1, 0.15) is 0 Å². The van der Waals surface area contributed by atoms with Crippen LogP contribution >= 0.6 is 42.1 Å². The van der Waals surface area contributed by atoms with Crippen molar-refractivity contribution in [1.29, 1.82) is 0 Å². The van der Waals surface area contributed by atoms with Gasteiger partial charge < -0.3 is 0 Å². The van der Waals surface area contributed by atoms with Crippen LogP contribution in [0.3, 0.4) is 0 Å². The van der Waals surface area contributed by atoms with E-state index in [9.17, 15) is 0 Å². The summed E-state index contributed by atoms with van der Waals surface area (Å²) in [6.07, 6.45) is 0. The number of halogens is 3. The molecule has 0 radical (unpaired) electrons. The van der Waals surface area contributed by atoms with Crippen molar-refractivity contribution in [2.75, 3.05) is 6.66 Å². The van der Waals surface area contributed by atoms with Crippen molar-refractivity contribution in [2.45, 2.75) is 0 Å². The van der Waals surface area contributed by atoms with E-state index in [2.05, 4.69) is 43.1 Å². The van der Waals surface area contributed by atoms with Crippen molar-refractivity contribution < 1.29 is 0 Å². The Morgan fingerprint density at radius 2 is 0.696 bits per heavy atom. The Balaban J connectivity index is 2.21. The summed E-state index contributed by atoms with van der Waals surface area (Å²) >= 11 is 18.2. The summed E-state index contributed by atoms with van der Waals surface area (Å²) in [5.41, 5.74) is 0. The van der Waals surface area contributed by atoms with Gasteiger partial charge in [-0.2, -0.15) is 0 Å². The first-order valence-corrected chi connectivity index (χ1v) is 10.5. The molecule has 0 heterocycles. The van der Waals surface area contributed by atoms with E-state index in [0.29, 0.717) is 0 Å². The van der Waals surface area contributed by atoms with Crippen molar-refractivity contribution in [3.8, 4) is 0 Å². The van der Waals surface area contributed by atoms with Crippen LogP contribution < -0.4 is 15.9 Å². The highest BCUT2D eigenvalue weighted by Crippen LogP contribution is 2.51. The molecule has 0 atom stereocenters. The molecule has 0 saturated carbocycles. The van der Waals surface area contributed by atoms with Gasteiger partial charge in [-0.15, -0.1) is 0 Å². The zero-order valence-corrected chi connectivity index (χ0v) is 15.7. The molecule has 0 unspecified atom stereocenters. The lowest BCUT2D eigenvalue weighted by Gasteiger charge is -2.23. The van der Waals surface area contributed by atoms with Crippen LogP contribution in [0.25, 0.3) is 0 Å². The molecular weight excluding hydrogens is 366 g/mol. The third-order valence-corrected chi connectivity index (χ3v) is 8.78. The predicted octanol–water partition coefficient (Wildman–Crippen LogP) is 5.57. The van der Waals surface area contributed by atoms with Gasteiger partial charge in [-0.3, -0.25) is 0 Å². The Kier molecular flexibility index (Phi) is 4.99. The van der Waals surface area contributed by atoms with Crippen LogP contribution in [0.5, 0.6) is 0 Å². The lowest BCUT2D eigenvalue weighted by Crippen LogP contribution is -2.30. The van der Waals surface area contributed by atoms with E-state index in [4.69, 9.17) is 34.8 Å². The Morgan fingerprint density at radius 1 is 0.478 bits per heavy atom. The van der Waals surface area contributed by atoms with E-state index in [0.717, 1.165) is 15.1 Å². The summed E-state index contributed by atoms with van der Waals surface area (Å²) in [5, 5.41) is 6.04. The fourth-order valence-corrected chi connectivity index (χ4v) is 6.17. The number of rotatable bonds is 3. The average Bonchev–Trinajstić information content (AvgIpc) is 2.56. The van der Waals surface area contributed by atoms with Crippen molar-refractivity contribution >= 4 is 58.0 Å². The third-order valence-electron chi connectivity index (χ3n) is 4.03. The van der Waals surface area contributed by atoms with E-state index in [1.807, 2.05) is 36.4 Å². The van der Waals surface area contributed by atoms with Crippen LogP contribution in [0, 0.1) is 0 Å². The minimum absolute atomic E-state index is 0.743. The lowest BCUT2D eigenvalue weighted by molar-refractivity contribution is 1.71. The Bertz CT molecular complexity index is 683. The van der Waals surface area contributed by atoms with Crippen LogP contribution in [-0.4, -0.2) is 6.66 Å². The Morgan fingerprint density at radius 3 is 0.913 bits per heavy atom. The minimum atomic E-state index is -1.76. The molecule has 0 aromatic heterocycles. The van der Waals surface area contributed by atoms with Crippen molar-refractivity contribution in [3.63, 3.8) is 0 Å². The summed E-state index contributed by atoms with van der Waals surface area (Å²) in [4.78, 5) is 0. The molecule has 23 heavy (non-hydrogen) atoms. The predicted molar refractivity (Wildman–Crippen MR) is 106 cm³/mol. The molecule has 0 spiro atoms. The zero-order chi connectivity index (χ0) is 16.4. The van der Waals surface area contributed by atoms with Gasteiger partial charge in [0.15, 0.2) is 0 Å². The summed E-state index contributed by atoms with van der Waals surface area (Å²) in [6, 6.07) is 24.3. The first kappa shape index (κ1) is 16.8. The molecule has 0 aliphatic carbocycles. The fourth-order valence-electron chi connectivity index (χ4n) is 2.66. The highest BCUT2D eigenvalue weighted by atomic mass is 35.5. The Hall–Kier alpha value is -1.04. The maximum atomic E-state index is 6.07. The van der Waals surface area contributed by atoms with E-state index < -0.39 is 7.26 Å². The second kappa shape index (κ2) is 6.83. The second-order valence-electron chi connectivity index (χ2n) is 5.44. The number of hydrogen-bond donors (Lipinski definition) is 0. The highest BCUT2D eigenvalue weighted by Gasteiger charge is 2.40. The van der Waals surface area contributed by atoms with Gasteiger partial charge in [-0.05, 0) is 72.8 Å². The van der Waals surface area contributed by atoms with Gasteiger partial charge in [0, 0.05) is 15.1 Å². The summed E-state index contributed by atoms with van der Waals surface area (Å²) in [6.45, 7) is 2.31. The maximum Gasteiger partial charge on any atom is 0.109 e. The first-order valence-electron chi connectivity index (χ1n) is 7.15. The van der Waals surface area contributed by atoms with Crippen molar-refractivity contribution in [2.24, 2.45) is 0 Å². The van der Waals surface area contributed by atoms with Gasteiger partial charge in [0.1, 0.15) is 23.2 Å². The van der Waals surface area contributed by atoms with E-state index in [1.54, 1.807) is 0 Å². The molecule has 3 aromatic carbocycles. The summed E-state index contributed by atoms with van der Waals surface area (Å²) < 4.78 is 0. The summed E-state index contributed by atoms with van der Waals surface area (Å²) in [5.74, 6) is 0. The van der Waals surface area contributed by atoms with E-state index >= 15 is 0 Å². The second-order valence-corrected chi connectivity index (χ2v) is 10.3. The van der Waals surface area contributed by atoms with Crippen LogP contribution in [0.4, 0.5) is 0 Å². The monoisotopic (exact) mass is 379 g/mol. The summed E-state index contributed by atoms with van der Waals surface area (Å²) in [7, 11) is -1.76. The zero-order valence-electron chi connectivity index (χ0n) is 12.5. The molecule has 0 aliphatic heterocycles. The molecule has 0 saturated heterocycles. The van der Waals surface area contributed by atoms with E-state index in [-0.39, 0.29) is 0 Å². The van der Waals surface area contributed by atoms with E-state index in [1.165, 1.54) is 15.9 Å². The largest absolute Gasteiger partial charge is 0.109 e. The standard InChI is InChI=1S/C19H15Cl3P/c1-23(17-8-2-14(20)3-9-17,18-10-4-15(21)5-11-18)19-12-6-16(22)7-13-19/h2-13H,1H3/q+1. The Labute approximate surface area is 152 Å². The molecule has 0 amide bonds. The number of hydrogen-bond acceptors (Lipinski definition) is 0. The molecule has 0 N–H and O–H groups in total. The molecule has 0 aliphatic rings. The topological polar surface area (TPSA) is 0 Å². The first-order chi connectivity index (χ1) is 11.0. The SMILES string of the molecule is C[P+](c1ccc(Cl)cc1)(c1ccc(Cl)cc1)c1ccc(Cl)cc1. The van der Waals surface area contributed by atoms with Crippen LogP contribution in [0.2, 0.25) is 15.1 Å². The molecule has 0 fully saturated rings. The van der Waals surface area contributed by atoms with Gasteiger partial charge in [0.25, 0.3) is 0 Å². The highest BCUT2D eigenvalue weighted by molar-refractivity contribution is 7.95. The minimum Gasteiger partial charge on any atom is -0.0843 e. The van der Waals surface area contributed by atoms with Gasteiger partial charge in [-0.1, -0.05) is 34.8 Å². The maximum absolute atomic E-state index is 6.07. The molecule has 0 nitrogen and oxygen atoms in total. The molecule has 3 rings (SSSR count). The number of benzene rings is 3. The average molecular weight is 381 g/mol. The molecule has 4 heteroatoms. The van der Waals surface area contributed by atoms with Crippen LogP contribution in [-0.2, 0) is 0 Å². The van der Waals surface area contributed by atoms with Crippen LogP contribution in [0.15, 0.2) is 72.8 Å². The molecular formula is C19H15Cl3P+. The van der Waals surface area contributed by atoms with Gasteiger partial charge in [0.05, 0.1) is 6.66 Å². The van der Waals surface area contributed by atoms with Crippen molar-refractivity contribution in [3.05, 3.63) is 87.9 Å². The van der Waals surface area contributed by atoms with Gasteiger partial charge in [0.2, 0.25) is 0 Å². The molecule has 3 aromatic rings. The van der Waals surface area contributed by atoms with Gasteiger partial charge in [-0.25, -0.2) is 0 Å². The molecule has 0 bridgehead atoms. The van der Waals surface area contributed by atoms with Gasteiger partial charge >= 0.3 is 0 Å².